The van der Waals surface area contributed by atoms with Crippen LogP contribution in [0.4, 0.5) is 5.69 Å². The molecule has 4 rings (SSSR count). The van der Waals surface area contributed by atoms with Gasteiger partial charge < -0.3 is 10.1 Å². The molecule has 1 amide bonds. The van der Waals surface area contributed by atoms with E-state index in [9.17, 15) is 13.2 Å². The summed E-state index contributed by atoms with van der Waals surface area (Å²) in [6, 6.07) is 13.6. The number of sulfonamides is 1. The third kappa shape index (κ3) is 5.28. The fourth-order valence-corrected chi connectivity index (χ4v) is 6.37. The minimum Gasteiger partial charge on any atom is -0.484 e. The highest BCUT2D eigenvalue weighted by atomic mass is 32.2. The average Bonchev–Trinajstić information content (AvgIpc) is 3.36. The largest absolute Gasteiger partial charge is 0.484 e. The second kappa shape index (κ2) is 9.01. The van der Waals surface area contributed by atoms with Gasteiger partial charge >= 0.3 is 0 Å². The Morgan fingerprint density at radius 1 is 1.13 bits per heavy atom. The zero-order chi connectivity index (χ0) is 22.0. The van der Waals surface area contributed by atoms with Gasteiger partial charge in [0, 0.05) is 11.7 Å². The number of ether oxygens (including phenoxy) is 1. The maximum atomic E-state index is 12.8. The molecule has 0 aromatic heterocycles. The molecular weight excluding hydrogens is 412 g/mol. The molecule has 4 atom stereocenters. The Balaban J connectivity index is 1.31. The Labute approximate surface area is 184 Å². The van der Waals surface area contributed by atoms with E-state index in [1.165, 1.54) is 31.4 Å². The number of rotatable bonds is 8. The van der Waals surface area contributed by atoms with Crippen molar-refractivity contribution in [3.8, 4) is 5.75 Å². The maximum Gasteiger partial charge on any atom is 0.262 e. The maximum absolute atomic E-state index is 12.8. The van der Waals surface area contributed by atoms with Crippen LogP contribution in [-0.2, 0) is 14.8 Å². The van der Waals surface area contributed by atoms with Crippen LogP contribution in [0.25, 0.3) is 0 Å². The number of carbonyl (C=O) groups excluding carboxylic acids is 1. The van der Waals surface area contributed by atoms with Crippen molar-refractivity contribution in [2.45, 2.75) is 50.5 Å². The molecule has 6 nitrogen and oxygen atoms in total. The van der Waals surface area contributed by atoms with Crippen molar-refractivity contribution >= 4 is 21.6 Å². The molecule has 0 aliphatic heterocycles. The van der Waals surface area contributed by atoms with Gasteiger partial charge in [-0.15, -0.1) is 0 Å². The fraction of sp³-hybridized carbons (Fsp3) is 0.458. The highest BCUT2D eigenvalue weighted by molar-refractivity contribution is 7.89. The van der Waals surface area contributed by atoms with Crippen molar-refractivity contribution in [2.24, 2.45) is 17.8 Å². The first-order valence-corrected chi connectivity index (χ1v) is 12.4. The Morgan fingerprint density at radius 2 is 1.90 bits per heavy atom. The van der Waals surface area contributed by atoms with E-state index < -0.39 is 10.0 Å². The minimum absolute atomic E-state index is 0.0709. The first-order valence-electron chi connectivity index (χ1n) is 10.9. The first kappa shape index (κ1) is 21.8. The van der Waals surface area contributed by atoms with Crippen molar-refractivity contribution in [1.29, 1.82) is 0 Å². The monoisotopic (exact) mass is 442 g/mol. The zero-order valence-electron chi connectivity index (χ0n) is 18.0. The lowest BCUT2D eigenvalue weighted by Gasteiger charge is -2.28. The topological polar surface area (TPSA) is 84.5 Å². The molecule has 0 spiro atoms. The smallest absolute Gasteiger partial charge is 0.262 e. The summed E-state index contributed by atoms with van der Waals surface area (Å²) in [5, 5.41) is 2.73. The molecule has 2 N–H and O–H groups in total. The lowest BCUT2D eigenvalue weighted by molar-refractivity contribution is -0.118. The van der Waals surface area contributed by atoms with E-state index in [1.54, 1.807) is 18.2 Å². The molecule has 2 aromatic carbocycles. The van der Waals surface area contributed by atoms with E-state index in [2.05, 4.69) is 10.0 Å². The highest BCUT2D eigenvalue weighted by Crippen LogP contribution is 2.49. The van der Waals surface area contributed by atoms with Gasteiger partial charge in [-0.2, -0.15) is 0 Å². The minimum atomic E-state index is -3.60. The van der Waals surface area contributed by atoms with Crippen LogP contribution in [0.5, 0.6) is 5.75 Å². The van der Waals surface area contributed by atoms with Crippen molar-refractivity contribution in [2.75, 3.05) is 11.9 Å². The molecule has 2 aliphatic rings. The van der Waals surface area contributed by atoms with Crippen molar-refractivity contribution in [3.05, 3.63) is 54.1 Å². The summed E-state index contributed by atoms with van der Waals surface area (Å²) < 4.78 is 34.0. The van der Waals surface area contributed by atoms with Crippen LogP contribution in [0.1, 0.15) is 38.2 Å². The molecule has 7 heteroatoms. The van der Waals surface area contributed by atoms with Gasteiger partial charge in [0.05, 0.1) is 4.90 Å². The summed E-state index contributed by atoms with van der Waals surface area (Å²) in [6.45, 7) is 3.81. The van der Waals surface area contributed by atoms with Crippen LogP contribution in [0.2, 0.25) is 0 Å². The van der Waals surface area contributed by atoms with Crippen LogP contribution in [-0.4, -0.2) is 27.0 Å². The third-order valence-corrected chi connectivity index (χ3v) is 8.16. The number of hydrogen-bond acceptors (Lipinski definition) is 4. The summed E-state index contributed by atoms with van der Waals surface area (Å²) in [6.07, 6.45) is 4.90. The molecule has 2 aromatic rings. The predicted octanol–water partition coefficient (Wildman–Crippen LogP) is 4.12. The third-order valence-electron chi connectivity index (χ3n) is 6.58. The highest BCUT2D eigenvalue weighted by Gasteiger charge is 2.42. The molecule has 166 valence electrons. The molecule has 0 saturated heterocycles. The molecule has 0 heterocycles. The SMILES string of the molecule is Cc1cccc(OCC(=O)Nc2ccc(S(=O)(=O)N[C@H](C)[C@@H]3C[C@@H]4CC[C@@H]3C4)cc2)c1. The van der Waals surface area contributed by atoms with E-state index in [0.717, 1.165) is 17.9 Å². The van der Waals surface area contributed by atoms with E-state index >= 15 is 0 Å². The number of fused-ring (bicyclic) bond motifs is 2. The normalized spacial score (nSPS) is 23.5. The molecule has 31 heavy (non-hydrogen) atoms. The van der Waals surface area contributed by atoms with Gasteiger partial charge in [0.15, 0.2) is 6.61 Å². The van der Waals surface area contributed by atoms with Crippen molar-refractivity contribution < 1.29 is 17.9 Å². The van der Waals surface area contributed by atoms with Crippen LogP contribution >= 0.6 is 0 Å². The van der Waals surface area contributed by atoms with E-state index in [4.69, 9.17) is 4.74 Å². The van der Waals surface area contributed by atoms with Crippen LogP contribution in [0, 0.1) is 24.7 Å². The Bertz CT molecular complexity index is 1040. The van der Waals surface area contributed by atoms with Gasteiger partial charge in [0.1, 0.15) is 5.75 Å². The molecule has 2 aliphatic carbocycles. The predicted molar refractivity (Wildman–Crippen MR) is 120 cm³/mol. The Kier molecular flexibility index (Phi) is 6.34. The van der Waals surface area contributed by atoms with Crippen LogP contribution in [0.15, 0.2) is 53.4 Å². The van der Waals surface area contributed by atoms with Crippen LogP contribution in [0.3, 0.4) is 0 Å². The number of benzene rings is 2. The summed E-state index contributed by atoms with van der Waals surface area (Å²) in [7, 11) is -3.60. The van der Waals surface area contributed by atoms with Gasteiger partial charge in [0.25, 0.3) is 5.91 Å². The van der Waals surface area contributed by atoms with Crippen molar-refractivity contribution in [3.63, 3.8) is 0 Å². The average molecular weight is 443 g/mol. The summed E-state index contributed by atoms with van der Waals surface area (Å²) >= 11 is 0. The number of nitrogens with one attached hydrogen (secondary N) is 2. The zero-order valence-corrected chi connectivity index (χ0v) is 18.8. The quantitative estimate of drug-likeness (QED) is 0.644. The number of anilines is 1. The van der Waals surface area contributed by atoms with Crippen LogP contribution < -0.4 is 14.8 Å². The van der Waals surface area contributed by atoms with E-state index in [1.807, 2.05) is 32.0 Å². The molecule has 2 bridgehead atoms. The van der Waals surface area contributed by atoms with Gasteiger partial charge in [-0.05, 0) is 92.8 Å². The Hall–Kier alpha value is -2.38. The van der Waals surface area contributed by atoms with Gasteiger partial charge in [-0.1, -0.05) is 18.6 Å². The fourth-order valence-electron chi connectivity index (χ4n) is 5.07. The first-order chi connectivity index (χ1) is 14.8. The molecule has 0 unspecified atom stereocenters. The summed E-state index contributed by atoms with van der Waals surface area (Å²) in [4.78, 5) is 12.3. The summed E-state index contributed by atoms with van der Waals surface area (Å²) in [5.74, 6) is 2.19. The second-order valence-corrected chi connectivity index (χ2v) is 10.6. The lowest BCUT2D eigenvalue weighted by Crippen LogP contribution is -2.40. The molecular formula is C24H30N2O4S. The number of amides is 1. The summed E-state index contributed by atoms with van der Waals surface area (Å²) in [5.41, 5.74) is 1.58. The van der Waals surface area contributed by atoms with Gasteiger partial charge in [-0.25, -0.2) is 13.1 Å². The molecule has 2 saturated carbocycles. The van der Waals surface area contributed by atoms with Gasteiger partial charge in [-0.3, -0.25) is 4.79 Å². The van der Waals surface area contributed by atoms with E-state index in [0.29, 0.717) is 23.3 Å². The van der Waals surface area contributed by atoms with E-state index in [-0.39, 0.29) is 23.5 Å². The number of aryl methyl sites for hydroxylation is 1. The molecule has 2 fully saturated rings. The van der Waals surface area contributed by atoms with Gasteiger partial charge in [0.2, 0.25) is 10.0 Å². The van der Waals surface area contributed by atoms with Crippen molar-refractivity contribution in [1.82, 2.24) is 4.72 Å². The molecule has 0 radical (unpaired) electrons. The number of hydrogen-bond donors (Lipinski definition) is 2. The second-order valence-electron chi connectivity index (χ2n) is 8.93. The Morgan fingerprint density at radius 3 is 2.55 bits per heavy atom. The standard InChI is InChI=1S/C24H30N2O4S/c1-16-4-3-5-21(12-16)30-15-24(27)25-20-8-10-22(11-9-20)31(28,29)26-17(2)23-14-18-6-7-19(23)13-18/h3-5,8-12,17-19,23,26H,6-7,13-15H2,1-2H3,(H,25,27)/t17-,18-,19-,23+/m1/s1. The lowest BCUT2D eigenvalue weighted by atomic mass is 9.84. The number of carbonyl (C=O) groups is 1.